The van der Waals surface area contributed by atoms with Gasteiger partial charge in [0.2, 0.25) is 5.91 Å². The third-order valence-electron chi connectivity index (χ3n) is 3.09. The molecule has 1 amide bonds. The molecule has 1 fully saturated rings. The molecular weight excluding hydrogens is 208 g/mol. The van der Waals surface area contributed by atoms with Gasteiger partial charge in [-0.2, -0.15) is 0 Å². The first kappa shape index (κ1) is 13.4. The van der Waals surface area contributed by atoms with Crippen molar-refractivity contribution in [1.82, 2.24) is 5.32 Å². The van der Waals surface area contributed by atoms with Crippen LogP contribution in [0.3, 0.4) is 0 Å². The smallest absolute Gasteiger partial charge is 0.234 e. The lowest BCUT2D eigenvalue weighted by atomic mass is 10.1. The molecule has 0 aromatic rings. The van der Waals surface area contributed by atoms with Gasteiger partial charge in [-0.1, -0.05) is 12.8 Å². The van der Waals surface area contributed by atoms with Crippen LogP contribution in [0.2, 0.25) is 0 Å². The number of nitrogens with two attached hydrogens (primary N) is 1. The van der Waals surface area contributed by atoms with Gasteiger partial charge in [0.1, 0.15) is 0 Å². The van der Waals surface area contributed by atoms with E-state index in [1.54, 1.807) is 14.2 Å². The predicted molar refractivity (Wildman–Crippen MR) is 60.8 cm³/mol. The van der Waals surface area contributed by atoms with Gasteiger partial charge < -0.3 is 20.5 Å². The van der Waals surface area contributed by atoms with Crippen molar-refractivity contribution in [1.29, 1.82) is 0 Å². The lowest BCUT2D eigenvalue weighted by Gasteiger charge is -2.23. The monoisotopic (exact) mass is 230 g/mol. The summed E-state index contributed by atoms with van der Waals surface area (Å²) in [6.45, 7) is 0. The number of hydrogen-bond acceptors (Lipinski definition) is 4. The van der Waals surface area contributed by atoms with Crippen molar-refractivity contribution in [2.75, 3.05) is 14.2 Å². The van der Waals surface area contributed by atoms with E-state index in [1.165, 1.54) is 12.8 Å². The van der Waals surface area contributed by atoms with E-state index in [0.717, 1.165) is 12.8 Å². The first-order chi connectivity index (χ1) is 7.67. The zero-order chi connectivity index (χ0) is 12.0. The first-order valence-electron chi connectivity index (χ1n) is 5.78. The van der Waals surface area contributed by atoms with Crippen LogP contribution in [-0.2, 0) is 14.3 Å². The first-order valence-corrected chi connectivity index (χ1v) is 5.78. The van der Waals surface area contributed by atoms with Crippen LogP contribution in [0.1, 0.15) is 32.1 Å². The highest BCUT2D eigenvalue weighted by Gasteiger charge is 2.25. The molecule has 3 N–H and O–H groups in total. The zero-order valence-electron chi connectivity index (χ0n) is 10.1. The largest absolute Gasteiger partial charge is 0.368 e. The van der Waals surface area contributed by atoms with Gasteiger partial charge in [0.15, 0.2) is 6.29 Å². The van der Waals surface area contributed by atoms with E-state index in [0.29, 0.717) is 12.5 Å². The Morgan fingerprint density at radius 1 is 1.38 bits per heavy atom. The molecular formula is C11H22N2O3. The molecule has 1 aliphatic rings. The number of carbonyl (C=O) groups is 1. The molecule has 0 bridgehead atoms. The minimum atomic E-state index is -0.383. The normalized spacial score (nSPS) is 19.2. The van der Waals surface area contributed by atoms with Gasteiger partial charge in [-0.15, -0.1) is 0 Å². The molecule has 1 saturated carbocycles. The minimum Gasteiger partial charge on any atom is -0.368 e. The maximum absolute atomic E-state index is 11.3. The number of hydrogen-bond donors (Lipinski definition) is 2. The molecule has 0 saturated heterocycles. The highest BCUT2D eigenvalue weighted by molar-refractivity contribution is 5.79. The summed E-state index contributed by atoms with van der Waals surface area (Å²) in [5.41, 5.74) is 5.36. The average Bonchev–Trinajstić information content (AvgIpc) is 2.76. The van der Waals surface area contributed by atoms with Crippen LogP contribution in [0.5, 0.6) is 0 Å². The lowest BCUT2D eigenvalue weighted by molar-refractivity contribution is -0.130. The Morgan fingerprint density at radius 3 is 2.38 bits per heavy atom. The Kier molecular flexibility index (Phi) is 5.73. The van der Waals surface area contributed by atoms with Crippen LogP contribution in [-0.4, -0.2) is 38.5 Å². The molecule has 0 heterocycles. The fourth-order valence-corrected chi connectivity index (χ4v) is 2.12. The molecule has 1 unspecified atom stereocenters. The number of nitrogens with one attached hydrogen (secondary N) is 1. The van der Waals surface area contributed by atoms with E-state index in [9.17, 15) is 4.79 Å². The second-order valence-corrected chi connectivity index (χ2v) is 4.24. The Hall–Kier alpha value is -0.650. The number of amides is 1. The van der Waals surface area contributed by atoms with Crippen LogP contribution < -0.4 is 11.1 Å². The van der Waals surface area contributed by atoms with Crippen LogP contribution in [0.15, 0.2) is 0 Å². The van der Waals surface area contributed by atoms with Crippen LogP contribution in [0, 0.1) is 0 Å². The minimum absolute atomic E-state index is 0.342. The van der Waals surface area contributed by atoms with Gasteiger partial charge in [-0.05, 0) is 12.8 Å². The fraction of sp³-hybridized carbons (Fsp3) is 0.909. The summed E-state index contributed by atoms with van der Waals surface area (Å²) in [7, 11) is 3.11. The Morgan fingerprint density at radius 2 is 1.94 bits per heavy atom. The summed E-state index contributed by atoms with van der Waals surface area (Å²) in [6.07, 6.45) is 4.76. The van der Waals surface area contributed by atoms with Crippen molar-refractivity contribution in [2.24, 2.45) is 5.73 Å². The number of carbonyl (C=O) groups excluding carboxylic acids is 1. The second kappa shape index (κ2) is 6.83. The molecule has 0 aromatic heterocycles. The predicted octanol–water partition coefficient (Wildman–Crippen LogP) is 0.382. The van der Waals surface area contributed by atoms with Gasteiger partial charge in [-0.25, -0.2) is 0 Å². The molecule has 94 valence electrons. The summed E-state index contributed by atoms with van der Waals surface area (Å²) in [4.78, 5) is 11.3. The second-order valence-electron chi connectivity index (χ2n) is 4.24. The third kappa shape index (κ3) is 4.08. The van der Waals surface area contributed by atoms with Crippen molar-refractivity contribution < 1.29 is 14.3 Å². The molecule has 1 rings (SSSR count). The van der Waals surface area contributed by atoms with Gasteiger partial charge >= 0.3 is 0 Å². The van der Waals surface area contributed by atoms with Crippen molar-refractivity contribution in [3.05, 3.63) is 0 Å². The molecule has 0 spiro atoms. The highest BCUT2D eigenvalue weighted by Crippen LogP contribution is 2.19. The van der Waals surface area contributed by atoms with Crippen molar-refractivity contribution in [3.8, 4) is 0 Å². The molecule has 5 nitrogen and oxygen atoms in total. The van der Waals surface area contributed by atoms with Crippen LogP contribution >= 0.6 is 0 Å². The summed E-state index contributed by atoms with van der Waals surface area (Å²) in [5, 5.41) is 3.28. The van der Waals surface area contributed by atoms with E-state index in [4.69, 9.17) is 15.2 Å². The molecule has 0 radical (unpaired) electrons. The van der Waals surface area contributed by atoms with Gasteiger partial charge in [0, 0.05) is 26.7 Å². The molecule has 1 aliphatic carbocycles. The van der Waals surface area contributed by atoms with Crippen molar-refractivity contribution in [3.63, 3.8) is 0 Å². The number of rotatable bonds is 7. The zero-order valence-corrected chi connectivity index (χ0v) is 10.1. The van der Waals surface area contributed by atoms with Crippen LogP contribution in [0.4, 0.5) is 0 Å². The van der Waals surface area contributed by atoms with E-state index < -0.39 is 0 Å². The lowest BCUT2D eigenvalue weighted by Crippen LogP contribution is -2.47. The van der Waals surface area contributed by atoms with Crippen LogP contribution in [0.25, 0.3) is 0 Å². The average molecular weight is 230 g/mol. The Balaban J connectivity index is 2.42. The topological polar surface area (TPSA) is 73.6 Å². The molecule has 5 heteroatoms. The fourth-order valence-electron chi connectivity index (χ4n) is 2.12. The summed E-state index contributed by atoms with van der Waals surface area (Å²) >= 11 is 0. The van der Waals surface area contributed by atoms with Gasteiger partial charge in [0.05, 0.1) is 6.04 Å². The standard InChI is InChI=1S/C11H22N2O3/c1-15-10(16-2)7-9(11(12)14)13-8-5-3-4-6-8/h8-10,13H,3-7H2,1-2H3,(H2,12,14). The summed E-state index contributed by atoms with van der Waals surface area (Å²) in [5.74, 6) is -0.342. The van der Waals surface area contributed by atoms with E-state index in [-0.39, 0.29) is 18.2 Å². The third-order valence-corrected chi connectivity index (χ3v) is 3.09. The summed E-state index contributed by atoms with van der Waals surface area (Å²) in [6, 6.07) is 0.0415. The number of primary amides is 1. The Bertz CT molecular complexity index is 209. The summed E-state index contributed by atoms with van der Waals surface area (Å²) < 4.78 is 10.1. The van der Waals surface area contributed by atoms with E-state index in [2.05, 4.69) is 5.32 Å². The maximum atomic E-state index is 11.3. The van der Waals surface area contributed by atoms with E-state index >= 15 is 0 Å². The molecule has 16 heavy (non-hydrogen) atoms. The quantitative estimate of drug-likeness (QED) is 0.620. The Labute approximate surface area is 96.7 Å². The van der Waals surface area contributed by atoms with Gasteiger partial charge in [-0.3, -0.25) is 4.79 Å². The van der Waals surface area contributed by atoms with Crippen molar-refractivity contribution >= 4 is 5.91 Å². The molecule has 0 aliphatic heterocycles. The van der Waals surface area contributed by atoms with E-state index in [1.807, 2.05) is 0 Å². The number of methoxy groups -OCH3 is 2. The van der Waals surface area contributed by atoms with Gasteiger partial charge in [0.25, 0.3) is 0 Å². The number of ether oxygens (including phenoxy) is 2. The molecule has 1 atom stereocenters. The SMILES string of the molecule is COC(CC(NC1CCCC1)C(N)=O)OC. The highest BCUT2D eigenvalue weighted by atomic mass is 16.7. The molecule has 0 aromatic carbocycles. The van der Waals surface area contributed by atoms with Crippen molar-refractivity contribution in [2.45, 2.75) is 50.5 Å². The maximum Gasteiger partial charge on any atom is 0.234 e.